The Hall–Kier alpha value is -2.94. The van der Waals surface area contributed by atoms with Gasteiger partial charge in [-0.05, 0) is 20.9 Å². The highest BCUT2D eigenvalue weighted by molar-refractivity contribution is 5.83. The average molecular weight is 343 g/mol. The minimum absolute atomic E-state index is 0.157. The van der Waals surface area contributed by atoms with Crippen molar-refractivity contribution in [3.8, 4) is 0 Å². The number of fused-ring (bicyclic) bond motifs is 1. The van der Waals surface area contributed by atoms with E-state index in [1.54, 1.807) is 35.7 Å². The van der Waals surface area contributed by atoms with Crippen LogP contribution in [0.3, 0.4) is 0 Å². The van der Waals surface area contributed by atoms with Crippen LogP contribution in [0.25, 0.3) is 5.65 Å². The summed E-state index contributed by atoms with van der Waals surface area (Å²) in [6.45, 7) is 4.07. The van der Waals surface area contributed by atoms with E-state index >= 15 is 0 Å². The summed E-state index contributed by atoms with van der Waals surface area (Å²) < 4.78 is 3.29. The molecule has 3 aromatic heterocycles. The molecule has 0 radical (unpaired) electrons. The second kappa shape index (κ2) is 6.52. The molecular formula is C16H21N7O2. The summed E-state index contributed by atoms with van der Waals surface area (Å²) in [5.41, 5.74) is 3.64. The number of nitrogens with zero attached hydrogens (tertiary/aromatic N) is 4. The molecule has 0 fully saturated rings. The number of aromatic nitrogens is 5. The molecule has 0 aliphatic carbocycles. The number of aryl methyl sites for hydroxylation is 3. The Balaban J connectivity index is 1.82. The van der Waals surface area contributed by atoms with Gasteiger partial charge >= 0.3 is 0 Å². The van der Waals surface area contributed by atoms with Gasteiger partial charge in [0, 0.05) is 48.4 Å². The van der Waals surface area contributed by atoms with Gasteiger partial charge in [-0.2, -0.15) is 5.10 Å². The first-order chi connectivity index (χ1) is 11.9. The van der Waals surface area contributed by atoms with E-state index < -0.39 is 6.04 Å². The van der Waals surface area contributed by atoms with Gasteiger partial charge in [0.05, 0.1) is 6.20 Å². The van der Waals surface area contributed by atoms with Crippen LogP contribution >= 0.6 is 0 Å². The Kier molecular flexibility index (Phi) is 4.41. The normalized spacial score (nSPS) is 12.5. The van der Waals surface area contributed by atoms with Crippen molar-refractivity contribution in [2.24, 2.45) is 7.05 Å². The van der Waals surface area contributed by atoms with Crippen molar-refractivity contribution in [1.29, 1.82) is 0 Å². The number of likely N-dealkylation sites (N-methyl/N-ethyl adjacent to an activating group) is 1. The molecule has 0 aliphatic heterocycles. The van der Waals surface area contributed by atoms with E-state index in [0.29, 0.717) is 12.2 Å². The maximum atomic E-state index is 12.6. The number of rotatable bonds is 5. The van der Waals surface area contributed by atoms with Crippen molar-refractivity contribution >= 4 is 11.6 Å². The second-order valence-corrected chi connectivity index (χ2v) is 5.96. The molecule has 9 heteroatoms. The molecule has 0 aliphatic rings. The molecule has 132 valence electrons. The van der Waals surface area contributed by atoms with Crippen LogP contribution in [0.4, 0.5) is 0 Å². The highest BCUT2D eigenvalue weighted by Gasteiger charge is 2.20. The standard InChI is InChI=1S/C16H21N7O2/c1-9-12(10(2)23-13(20-9)5-14(24)21-23)7-18-16(25)15(17-3)11-6-19-22(4)8-11/h5-6,8,15,17H,7H2,1-4H3,(H,18,25)(H,21,24). The number of hydrogen-bond acceptors (Lipinski definition) is 5. The molecule has 3 heterocycles. The molecule has 25 heavy (non-hydrogen) atoms. The first kappa shape index (κ1) is 16.9. The van der Waals surface area contributed by atoms with Crippen LogP contribution in [0.1, 0.15) is 28.6 Å². The third kappa shape index (κ3) is 3.18. The van der Waals surface area contributed by atoms with E-state index in [1.165, 1.54) is 6.07 Å². The molecule has 3 rings (SSSR count). The minimum Gasteiger partial charge on any atom is -0.350 e. The van der Waals surface area contributed by atoms with E-state index in [4.69, 9.17) is 0 Å². The summed E-state index contributed by atoms with van der Waals surface area (Å²) in [5.74, 6) is -0.157. The maximum Gasteiger partial charge on any atom is 0.266 e. The zero-order valence-corrected chi connectivity index (χ0v) is 14.6. The Labute approximate surface area is 144 Å². The number of hydrogen-bond donors (Lipinski definition) is 3. The van der Waals surface area contributed by atoms with Crippen molar-refractivity contribution in [3.05, 3.63) is 51.3 Å². The van der Waals surface area contributed by atoms with Gasteiger partial charge < -0.3 is 10.6 Å². The van der Waals surface area contributed by atoms with E-state index in [9.17, 15) is 9.59 Å². The lowest BCUT2D eigenvalue weighted by Crippen LogP contribution is -2.36. The van der Waals surface area contributed by atoms with Crippen LogP contribution < -0.4 is 16.2 Å². The van der Waals surface area contributed by atoms with Gasteiger partial charge in [-0.1, -0.05) is 0 Å². The zero-order chi connectivity index (χ0) is 18.1. The van der Waals surface area contributed by atoms with Crippen LogP contribution in [-0.4, -0.2) is 37.3 Å². The molecule has 0 saturated heterocycles. The van der Waals surface area contributed by atoms with Crippen molar-refractivity contribution in [2.75, 3.05) is 7.05 Å². The smallest absolute Gasteiger partial charge is 0.266 e. The predicted octanol–water partition coefficient (Wildman–Crippen LogP) is -0.0502. The van der Waals surface area contributed by atoms with Crippen molar-refractivity contribution < 1.29 is 4.79 Å². The Morgan fingerprint density at radius 1 is 1.40 bits per heavy atom. The van der Waals surface area contributed by atoms with Gasteiger partial charge in [0.15, 0.2) is 5.65 Å². The number of H-pyrrole nitrogens is 1. The van der Waals surface area contributed by atoms with Gasteiger partial charge in [-0.3, -0.25) is 19.4 Å². The van der Waals surface area contributed by atoms with Crippen molar-refractivity contribution in [1.82, 2.24) is 35.0 Å². The monoisotopic (exact) mass is 343 g/mol. The van der Waals surface area contributed by atoms with Gasteiger partial charge in [0.1, 0.15) is 6.04 Å². The third-order valence-electron chi connectivity index (χ3n) is 4.25. The fourth-order valence-electron chi connectivity index (χ4n) is 2.93. The minimum atomic E-state index is -0.489. The topological polar surface area (TPSA) is 109 Å². The molecule has 0 saturated carbocycles. The molecule has 1 atom stereocenters. The largest absolute Gasteiger partial charge is 0.350 e. The fourth-order valence-corrected chi connectivity index (χ4v) is 2.93. The highest BCUT2D eigenvalue weighted by atomic mass is 16.2. The molecular weight excluding hydrogens is 322 g/mol. The van der Waals surface area contributed by atoms with Gasteiger partial charge in [0.2, 0.25) is 5.91 Å². The molecule has 0 aromatic carbocycles. The Morgan fingerprint density at radius 3 is 2.80 bits per heavy atom. The number of carbonyl (C=O) groups excluding carboxylic acids is 1. The zero-order valence-electron chi connectivity index (χ0n) is 14.6. The summed E-state index contributed by atoms with van der Waals surface area (Å²) in [7, 11) is 3.53. The maximum absolute atomic E-state index is 12.6. The van der Waals surface area contributed by atoms with Crippen molar-refractivity contribution in [3.63, 3.8) is 0 Å². The Morgan fingerprint density at radius 2 is 2.16 bits per heavy atom. The van der Waals surface area contributed by atoms with Crippen LogP contribution in [0.5, 0.6) is 0 Å². The van der Waals surface area contributed by atoms with E-state index in [1.807, 2.05) is 13.8 Å². The van der Waals surface area contributed by atoms with E-state index in [-0.39, 0.29) is 11.5 Å². The van der Waals surface area contributed by atoms with E-state index in [0.717, 1.165) is 22.5 Å². The number of nitrogens with one attached hydrogen (secondary N) is 3. The van der Waals surface area contributed by atoms with Gasteiger partial charge in [0.25, 0.3) is 5.56 Å². The molecule has 3 N–H and O–H groups in total. The lowest BCUT2D eigenvalue weighted by atomic mass is 10.1. The number of aromatic amines is 1. The molecule has 3 aromatic rings. The average Bonchev–Trinajstić information content (AvgIpc) is 3.13. The van der Waals surface area contributed by atoms with Crippen LogP contribution in [0.15, 0.2) is 23.3 Å². The summed E-state index contributed by atoms with van der Waals surface area (Å²) in [5, 5.41) is 12.7. The molecule has 1 amide bonds. The quantitative estimate of drug-likeness (QED) is 0.602. The second-order valence-electron chi connectivity index (χ2n) is 5.96. The first-order valence-corrected chi connectivity index (χ1v) is 7.92. The third-order valence-corrected chi connectivity index (χ3v) is 4.25. The SMILES string of the molecule is CNC(C(=O)NCc1c(C)nc2cc(=O)[nH]n2c1C)c1cnn(C)c1. The lowest BCUT2D eigenvalue weighted by molar-refractivity contribution is -0.123. The van der Waals surface area contributed by atoms with Crippen LogP contribution in [-0.2, 0) is 18.4 Å². The van der Waals surface area contributed by atoms with E-state index in [2.05, 4.69) is 25.8 Å². The predicted molar refractivity (Wildman–Crippen MR) is 92.1 cm³/mol. The molecule has 9 nitrogen and oxygen atoms in total. The lowest BCUT2D eigenvalue weighted by Gasteiger charge is -2.16. The van der Waals surface area contributed by atoms with Crippen molar-refractivity contribution in [2.45, 2.75) is 26.4 Å². The highest BCUT2D eigenvalue weighted by Crippen LogP contribution is 2.15. The summed E-state index contributed by atoms with van der Waals surface area (Å²) in [6, 6.07) is 0.958. The molecule has 0 bridgehead atoms. The number of carbonyl (C=O) groups is 1. The van der Waals surface area contributed by atoms with Crippen LogP contribution in [0, 0.1) is 13.8 Å². The van der Waals surface area contributed by atoms with Gasteiger partial charge in [-0.15, -0.1) is 0 Å². The number of amides is 1. The Bertz CT molecular complexity index is 982. The summed E-state index contributed by atoms with van der Waals surface area (Å²) in [4.78, 5) is 28.5. The van der Waals surface area contributed by atoms with Gasteiger partial charge in [-0.25, -0.2) is 9.50 Å². The molecule has 1 unspecified atom stereocenters. The first-order valence-electron chi connectivity index (χ1n) is 7.92. The summed E-state index contributed by atoms with van der Waals surface area (Å²) >= 11 is 0. The fraction of sp³-hybridized carbons (Fsp3) is 0.375. The molecule has 0 spiro atoms. The van der Waals surface area contributed by atoms with Crippen LogP contribution in [0.2, 0.25) is 0 Å². The summed E-state index contributed by atoms with van der Waals surface area (Å²) in [6.07, 6.45) is 3.46.